The number of carbonyl (C=O) groups excluding carboxylic acids is 1. The molecule has 118 valence electrons. The molecule has 0 saturated heterocycles. The van der Waals surface area contributed by atoms with Crippen molar-refractivity contribution in [2.75, 3.05) is 11.5 Å². The molecule has 7 nitrogen and oxygen atoms in total. The summed E-state index contributed by atoms with van der Waals surface area (Å²) in [5.41, 5.74) is -0.0956. The third-order valence-electron chi connectivity index (χ3n) is 2.40. The van der Waals surface area contributed by atoms with Crippen molar-refractivity contribution in [2.45, 2.75) is 0 Å². The molecule has 1 aromatic carbocycles. The first kappa shape index (κ1) is 22.3. The van der Waals surface area contributed by atoms with E-state index in [1.54, 1.807) is 0 Å². The van der Waals surface area contributed by atoms with Crippen molar-refractivity contribution in [3.8, 4) is 0 Å². The summed E-state index contributed by atoms with van der Waals surface area (Å²) in [6, 6.07) is 3.62. The molecule has 0 saturated carbocycles. The maximum absolute atomic E-state index is 12.1. The molecule has 0 amide bonds. The van der Waals surface area contributed by atoms with Gasteiger partial charge in [0.15, 0.2) is 5.78 Å². The third kappa shape index (κ3) is 7.71. The first-order valence-electron chi connectivity index (χ1n) is 5.28. The summed E-state index contributed by atoms with van der Waals surface area (Å²) in [6.45, 7) is 0. The van der Waals surface area contributed by atoms with E-state index in [1.807, 2.05) is 0 Å². The van der Waals surface area contributed by atoms with Gasteiger partial charge in [-0.05, 0) is 18.2 Å². The molecule has 0 aliphatic carbocycles. The van der Waals surface area contributed by atoms with Crippen LogP contribution in [0.5, 0.6) is 0 Å². The molecular weight excluding hydrogens is 390 g/mol. The topological polar surface area (TPSA) is 126 Å². The normalized spacial score (nSPS) is 12.0. The molecule has 0 bridgehead atoms. The fourth-order valence-electron chi connectivity index (χ4n) is 1.59. The predicted octanol–water partition coefficient (Wildman–Crippen LogP) is -1.43. The van der Waals surface area contributed by atoms with Crippen LogP contribution in [0.4, 0.5) is 0 Å². The Balaban J connectivity index is 0.00000441. The molecule has 0 fully saturated rings. The molecule has 1 rings (SSSR count). The molecular formula is C10H10Cl2NaO7S2+. The van der Waals surface area contributed by atoms with E-state index >= 15 is 0 Å². The summed E-state index contributed by atoms with van der Waals surface area (Å²) < 4.78 is 61.0. The molecule has 0 aliphatic heterocycles. The average Bonchev–Trinajstić information content (AvgIpc) is 2.27. The van der Waals surface area contributed by atoms with Crippen LogP contribution < -0.4 is 29.6 Å². The van der Waals surface area contributed by atoms with E-state index in [0.29, 0.717) is 0 Å². The minimum atomic E-state index is -4.62. The maximum Gasteiger partial charge on any atom is 1.00 e. The van der Waals surface area contributed by atoms with E-state index in [2.05, 4.69) is 0 Å². The quantitative estimate of drug-likeness (QED) is 0.341. The zero-order valence-electron chi connectivity index (χ0n) is 11.2. The van der Waals surface area contributed by atoms with Crippen molar-refractivity contribution in [1.82, 2.24) is 0 Å². The molecule has 0 unspecified atom stereocenters. The van der Waals surface area contributed by atoms with Crippen molar-refractivity contribution in [1.29, 1.82) is 0 Å². The molecule has 0 heterocycles. The van der Waals surface area contributed by atoms with Gasteiger partial charge in [0.25, 0.3) is 20.2 Å². The number of hydrogen-bond donors (Lipinski definition) is 2. The van der Waals surface area contributed by atoms with Gasteiger partial charge in [-0.25, -0.2) is 0 Å². The molecule has 0 atom stereocenters. The van der Waals surface area contributed by atoms with Crippen molar-refractivity contribution in [2.24, 2.45) is 5.92 Å². The van der Waals surface area contributed by atoms with Crippen LogP contribution in [0.3, 0.4) is 0 Å². The van der Waals surface area contributed by atoms with Crippen molar-refractivity contribution in [3.05, 3.63) is 33.8 Å². The van der Waals surface area contributed by atoms with Crippen LogP contribution in [0, 0.1) is 5.92 Å². The van der Waals surface area contributed by atoms with Gasteiger partial charge in [-0.15, -0.1) is 0 Å². The molecule has 0 radical (unpaired) electrons. The third-order valence-corrected chi connectivity index (χ3v) is 4.78. The zero-order valence-corrected chi connectivity index (χ0v) is 16.4. The van der Waals surface area contributed by atoms with Crippen molar-refractivity contribution >= 4 is 49.2 Å². The first-order chi connectivity index (χ1) is 9.39. The smallest absolute Gasteiger partial charge is 0.294 e. The van der Waals surface area contributed by atoms with E-state index in [9.17, 15) is 21.6 Å². The van der Waals surface area contributed by atoms with Gasteiger partial charge in [-0.1, -0.05) is 23.2 Å². The van der Waals surface area contributed by atoms with Gasteiger partial charge in [0, 0.05) is 5.56 Å². The zero-order chi connectivity index (χ0) is 16.4. The second-order valence-electron chi connectivity index (χ2n) is 4.19. The molecule has 0 aliphatic rings. The van der Waals surface area contributed by atoms with Crippen LogP contribution in [0.15, 0.2) is 18.2 Å². The fraction of sp³-hybridized carbons (Fsp3) is 0.300. The van der Waals surface area contributed by atoms with E-state index in [0.717, 1.165) is 6.07 Å². The number of Topliss-reactive ketones (excluding diaryl/α,β-unsaturated/α-hetero) is 1. The number of halogens is 2. The van der Waals surface area contributed by atoms with Crippen LogP contribution in [0.25, 0.3) is 0 Å². The summed E-state index contributed by atoms with van der Waals surface area (Å²) in [7, 11) is -9.24. The van der Waals surface area contributed by atoms with Crippen LogP contribution >= 0.6 is 23.2 Å². The average molecular weight is 400 g/mol. The Kier molecular flexibility index (Phi) is 8.52. The molecule has 1 aromatic rings. The Hall–Kier alpha value is 0.290. The second-order valence-corrected chi connectivity index (χ2v) is 8.00. The van der Waals surface area contributed by atoms with Crippen LogP contribution in [-0.2, 0) is 20.2 Å². The van der Waals surface area contributed by atoms with E-state index in [-0.39, 0.29) is 45.2 Å². The summed E-state index contributed by atoms with van der Waals surface area (Å²) in [4.78, 5) is 12.1. The number of carbonyl (C=O) groups is 1. The van der Waals surface area contributed by atoms with Crippen molar-refractivity contribution in [3.63, 3.8) is 0 Å². The Labute approximate surface area is 159 Å². The Morgan fingerprint density at radius 1 is 1.00 bits per heavy atom. The van der Waals surface area contributed by atoms with Gasteiger partial charge in [0.05, 0.1) is 27.5 Å². The van der Waals surface area contributed by atoms with Gasteiger partial charge in [0.2, 0.25) is 0 Å². The summed E-state index contributed by atoms with van der Waals surface area (Å²) in [6.07, 6.45) is 0. The number of rotatable bonds is 6. The summed E-state index contributed by atoms with van der Waals surface area (Å²) >= 11 is 11.4. The van der Waals surface area contributed by atoms with Gasteiger partial charge < -0.3 is 0 Å². The largest absolute Gasteiger partial charge is 1.00 e. The standard InChI is InChI=1S/C10H10Cl2O7S2.Na/c11-8-2-1-6(3-9(8)12)10(13)7(4-20(14,15)16)5-21(17,18)19;/h1-3,7H,4-5H2,(H,14,15,16)(H,17,18,19);/q;+1. The minimum Gasteiger partial charge on any atom is -0.294 e. The van der Waals surface area contributed by atoms with Crippen LogP contribution in [-0.4, -0.2) is 43.2 Å². The molecule has 2 N–H and O–H groups in total. The molecule has 0 aromatic heterocycles. The van der Waals surface area contributed by atoms with Gasteiger partial charge >= 0.3 is 29.6 Å². The molecule has 0 spiro atoms. The predicted molar refractivity (Wildman–Crippen MR) is 77.1 cm³/mol. The summed E-state index contributed by atoms with van der Waals surface area (Å²) in [5, 5.41) is 0.161. The van der Waals surface area contributed by atoms with Crippen LogP contribution in [0.2, 0.25) is 10.0 Å². The van der Waals surface area contributed by atoms with E-state index in [4.69, 9.17) is 32.3 Å². The van der Waals surface area contributed by atoms with Gasteiger partial charge in [-0.3, -0.25) is 13.9 Å². The monoisotopic (exact) mass is 399 g/mol. The molecule has 12 heteroatoms. The number of benzene rings is 1. The van der Waals surface area contributed by atoms with Crippen molar-refractivity contribution < 1.29 is 60.3 Å². The minimum absolute atomic E-state index is 0. The second kappa shape index (κ2) is 8.41. The Morgan fingerprint density at radius 3 is 1.82 bits per heavy atom. The number of ketones is 1. The van der Waals surface area contributed by atoms with E-state index < -0.39 is 43.4 Å². The van der Waals surface area contributed by atoms with Gasteiger partial charge in [0.1, 0.15) is 0 Å². The molecule has 22 heavy (non-hydrogen) atoms. The first-order valence-corrected chi connectivity index (χ1v) is 9.26. The van der Waals surface area contributed by atoms with Gasteiger partial charge in [-0.2, -0.15) is 16.8 Å². The SMILES string of the molecule is O=C(c1ccc(Cl)c(Cl)c1)C(CS(=O)(=O)O)CS(=O)(=O)O.[Na+]. The maximum atomic E-state index is 12.1. The van der Waals surface area contributed by atoms with E-state index in [1.165, 1.54) is 12.1 Å². The van der Waals surface area contributed by atoms with Crippen LogP contribution in [0.1, 0.15) is 10.4 Å². The summed E-state index contributed by atoms with van der Waals surface area (Å²) in [5.74, 6) is -4.88. The number of hydrogen-bond acceptors (Lipinski definition) is 5. The fourth-order valence-corrected chi connectivity index (χ4v) is 3.60. The Morgan fingerprint density at radius 2 is 1.45 bits per heavy atom. The Bertz CT molecular complexity index is 727.